The molecule has 0 bridgehead atoms. The lowest BCUT2D eigenvalue weighted by atomic mass is 10.3. The summed E-state index contributed by atoms with van der Waals surface area (Å²) >= 11 is 1.43. The van der Waals surface area contributed by atoms with Gasteiger partial charge in [-0.2, -0.15) is 0 Å². The Kier molecular flexibility index (Phi) is 3.72. The maximum atomic E-state index is 10.1. The molecule has 1 heterocycles. The second kappa shape index (κ2) is 4.62. The van der Waals surface area contributed by atoms with Crippen LogP contribution in [0.5, 0.6) is 0 Å². The highest BCUT2D eigenvalue weighted by Crippen LogP contribution is 2.16. The van der Waals surface area contributed by atoms with Gasteiger partial charge >= 0.3 is 5.97 Å². The van der Waals surface area contributed by atoms with Crippen molar-refractivity contribution in [3.05, 3.63) is 0 Å². The Morgan fingerprint density at radius 2 is 2.55 bits per heavy atom. The van der Waals surface area contributed by atoms with E-state index in [-0.39, 0.29) is 5.75 Å². The zero-order chi connectivity index (χ0) is 8.10. The van der Waals surface area contributed by atoms with E-state index in [0.717, 1.165) is 25.2 Å². The lowest BCUT2D eigenvalue weighted by Gasteiger charge is -2.06. The smallest absolute Gasteiger partial charge is 0.313 e. The largest absolute Gasteiger partial charge is 0.481 e. The maximum Gasteiger partial charge on any atom is 0.313 e. The fourth-order valence-electron chi connectivity index (χ4n) is 1.05. The third-order valence-electron chi connectivity index (χ3n) is 1.55. The zero-order valence-electron chi connectivity index (χ0n) is 6.28. The summed E-state index contributed by atoms with van der Waals surface area (Å²) in [6.07, 6.45) is 2.52. The summed E-state index contributed by atoms with van der Waals surface area (Å²) in [6.45, 7) is 0.846. The molecule has 1 N–H and O–H groups in total. The number of thioether (sulfide) groups is 1. The molecule has 3 nitrogen and oxygen atoms in total. The van der Waals surface area contributed by atoms with Crippen LogP contribution in [0.3, 0.4) is 0 Å². The van der Waals surface area contributed by atoms with Gasteiger partial charge in [-0.15, -0.1) is 11.8 Å². The first kappa shape index (κ1) is 8.87. The molecule has 1 unspecified atom stereocenters. The molecule has 1 aliphatic heterocycles. The van der Waals surface area contributed by atoms with Crippen molar-refractivity contribution in [2.75, 3.05) is 18.1 Å². The van der Waals surface area contributed by atoms with Crippen LogP contribution in [0.2, 0.25) is 0 Å². The second-order valence-corrected chi connectivity index (χ2v) is 3.57. The fourth-order valence-corrected chi connectivity index (χ4v) is 1.87. The highest BCUT2D eigenvalue weighted by atomic mass is 32.2. The van der Waals surface area contributed by atoms with Gasteiger partial charge in [0.05, 0.1) is 11.9 Å². The predicted octanol–water partition coefficient (Wildman–Crippen LogP) is 0.983. The molecule has 0 amide bonds. The number of carboxylic acid groups (broad SMARTS) is 1. The summed E-state index contributed by atoms with van der Waals surface area (Å²) in [5.41, 5.74) is 0. The highest BCUT2D eigenvalue weighted by Gasteiger charge is 2.15. The molecule has 0 aromatic rings. The predicted molar refractivity (Wildman–Crippen MR) is 43.9 cm³/mol. The van der Waals surface area contributed by atoms with E-state index in [2.05, 4.69) is 0 Å². The van der Waals surface area contributed by atoms with Gasteiger partial charge in [0.15, 0.2) is 0 Å². The first-order valence-corrected chi connectivity index (χ1v) is 4.85. The summed E-state index contributed by atoms with van der Waals surface area (Å²) in [6, 6.07) is 0. The van der Waals surface area contributed by atoms with Gasteiger partial charge < -0.3 is 9.84 Å². The third kappa shape index (κ3) is 3.62. The molecule has 11 heavy (non-hydrogen) atoms. The summed E-state index contributed by atoms with van der Waals surface area (Å²) in [7, 11) is 0. The van der Waals surface area contributed by atoms with Crippen LogP contribution in [0.25, 0.3) is 0 Å². The van der Waals surface area contributed by atoms with E-state index in [4.69, 9.17) is 9.84 Å². The Morgan fingerprint density at radius 1 is 1.73 bits per heavy atom. The van der Waals surface area contributed by atoms with Gasteiger partial charge in [-0.3, -0.25) is 4.79 Å². The van der Waals surface area contributed by atoms with Crippen molar-refractivity contribution in [3.63, 3.8) is 0 Å². The molecular weight excluding hydrogens is 164 g/mol. The number of rotatable bonds is 4. The molecule has 0 saturated carbocycles. The Balaban J connectivity index is 1.98. The molecule has 0 aromatic heterocycles. The quantitative estimate of drug-likeness (QED) is 0.693. The van der Waals surface area contributed by atoms with Crippen molar-refractivity contribution in [3.8, 4) is 0 Å². The Bertz CT molecular complexity index is 132. The number of carbonyl (C=O) groups is 1. The average molecular weight is 176 g/mol. The van der Waals surface area contributed by atoms with Crippen LogP contribution in [0.15, 0.2) is 0 Å². The van der Waals surface area contributed by atoms with E-state index in [1.807, 2.05) is 0 Å². The molecule has 1 aliphatic rings. The molecular formula is C7H12O3S. The lowest BCUT2D eigenvalue weighted by molar-refractivity contribution is -0.133. The molecule has 1 rings (SSSR count). The first-order chi connectivity index (χ1) is 5.29. The van der Waals surface area contributed by atoms with Crippen molar-refractivity contribution in [1.29, 1.82) is 0 Å². The van der Waals surface area contributed by atoms with Crippen molar-refractivity contribution in [1.82, 2.24) is 0 Å². The van der Waals surface area contributed by atoms with E-state index in [9.17, 15) is 4.79 Å². The molecule has 4 heteroatoms. The number of ether oxygens (including phenoxy) is 1. The van der Waals surface area contributed by atoms with Gasteiger partial charge in [0.25, 0.3) is 0 Å². The third-order valence-corrected chi connectivity index (χ3v) is 2.61. The molecule has 0 aromatic carbocycles. The first-order valence-electron chi connectivity index (χ1n) is 3.70. The molecule has 0 radical (unpaired) electrons. The van der Waals surface area contributed by atoms with Crippen molar-refractivity contribution in [2.45, 2.75) is 18.9 Å². The molecule has 64 valence electrons. The minimum Gasteiger partial charge on any atom is -0.481 e. The monoisotopic (exact) mass is 176 g/mol. The number of hydrogen-bond acceptors (Lipinski definition) is 3. The van der Waals surface area contributed by atoms with Crippen LogP contribution in [-0.2, 0) is 9.53 Å². The van der Waals surface area contributed by atoms with E-state index in [1.54, 1.807) is 0 Å². The maximum absolute atomic E-state index is 10.1. The van der Waals surface area contributed by atoms with Gasteiger partial charge in [0, 0.05) is 12.4 Å². The molecule has 0 spiro atoms. The zero-order valence-corrected chi connectivity index (χ0v) is 7.10. The van der Waals surface area contributed by atoms with Crippen LogP contribution < -0.4 is 0 Å². The molecule has 1 fully saturated rings. The van der Waals surface area contributed by atoms with E-state index >= 15 is 0 Å². The molecule has 1 saturated heterocycles. The van der Waals surface area contributed by atoms with Gasteiger partial charge in [-0.05, 0) is 12.8 Å². The summed E-state index contributed by atoms with van der Waals surface area (Å²) < 4.78 is 5.32. The van der Waals surface area contributed by atoms with Crippen molar-refractivity contribution < 1.29 is 14.6 Å². The summed E-state index contributed by atoms with van der Waals surface area (Å²) in [5.74, 6) is 0.277. The Morgan fingerprint density at radius 3 is 3.09 bits per heavy atom. The van der Waals surface area contributed by atoms with Gasteiger partial charge in [-0.25, -0.2) is 0 Å². The SMILES string of the molecule is O=C(O)CSCC1CCCO1. The normalized spacial score (nSPS) is 23.8. The number of hydrogen-bond donors (Lipinski definition) is 1. The Labute approximate surface area is 70.1 Å². The second-order valence-electron chi connectivity index (χ2n) is 2.54. The number of aliphatic carboxylic acids is 1. The van der Waals surface area contributed by atoms with Crippen LogP contribution in [-0.4, -0.2) is 35.3 Å². The van der Waals surface area contributed by atoms with E-state index in [1.165, 1.54) is 11.8 Å². The number of carboxylic acids is 1. The standard InChI is InChI=1S/C7H12O3S/c8-7(9)5-11-4-6-2-1-3-10-6/h6H,1-5H2,(H,8,9). The van der Waals surface area contributed by atoms with Crippen molar-refractivity contribution >= 4 is 17.7 Å². The fraction of sp³-hybridized carbons (Fsp3) is 0.857. The topological polar surface area (TPSA) is 46.5 Å². The van der Waals surface area contributed by atoms with Crippen molar-refractivity contribution in [2.24, 2.45) is 0 Å². The van der Waals surface area contributed by atoms with Gasteiger partial charge in [-0.1, -0.05) is 0 Å². The molecule has 1 atom stereocenters. The Hall–Kier alpha value is -0.220. The summed E-state index contributed by atoms with van der Waals surface area (Å²) in [4.78, 5) is 10.1. The lowest BCUT2D eigenvalue weighted by Crippen LogP contribution is -2.10. The van der Waals surface area contributed by atoms with E-state index < -0.39 is 5.97 Å². The average Bonchev–Trinajstić information content (AvgIpc) is 2.39. The molecule has 0 aliphatic carbocycles. The minimum absolute atomic E-state index is 0.194. The summed E-state index contributed by atoms with van der Waals surface area (Å²) in [5, 5.41) is 8.33. The van der Waals surface area contributed by atoms with Crippen LogP contribution in [0.1, 0.15) is 12.8 Å². The van der Waals surface area contributed by atoms with Gasteiger partial charge in [0.2, 0.25) is 0 Å². The van der Waals surface area contributed by atoms with E-state index in [0.29, 0.717) is 6.10 Å². The minimum atomic E-state index is -0.743. The van der Waals surface area contributed by atoms with Crippen LogP contribution >= 0.6 is 11.8 Å². The van der Waals surface area contributed by atoms with Gasteiger partial charge in [0.1, 0.15) is 0 Å². The highest BCUT2D eigenvalue weighted by molar-refractivity contribution is 7.99. The van der Waals surface area contributed by atoms with Crippen LogP contribution in [0.4, 0.5) is 0 Å². The van der Waals surface area contributed by atoms with Crippen LogP contribution in [0, 0.1) is 0 Å².